The van der Waals surface area contributed by atoms with Crippen molar-refractivity contribution in [3.8, 4) is 6.07 Å². The molecule has 0 radical (unpaired) electrons. The van der Waals surface area contributed by atoms with Crippen LogP contribution in [0.1, 0.15) is 27.4 Å². The highest BCUT2D eigenvalue weighted by molar-refractivity contribution is 9.10. The van der Waals surface area contributed by atoms with Crippen LogP contribution in [0.3, 0.4) is 0 Å². The molecule has 3 aromatic rings. The van der Waals surface area contributed by atoms with E-state index in [0.717, 1.165) is 14.2 Å². The summed E-state index contributed by atoms with van der Waals surface area (Å²) < 4.78 is 10.7. The minimum absolute atomic E-state index is 0.0201. The third kappa shape index (κ3) is 5.04. The van der Waals surface area contributed by atoms with Gasteiger partial charge in [0.25, 0.3) is 0 Å². The fourth-order valence-corrected chi connectivity index (χ4v) is 5.02. The number of rotatable bonds is 6. The van der Waals surface area contributed by atoms with Crippen LogP contribution in [0, 0.1) is 11.3 Å². The van der Waals surface area contributed by atoms with Gasteiger partial charge in [-0.1, -0.05) is 70.0 Å². The summed E-state index contributed by atoms with van der Waals surface area (Å²) in [5, 5.41) is 10.5. The molecule has 1 heterocycles. The molecule has 2 N–H and O–H groups in total. The van der Waals surface area contributed by atoms with Crippen LogP contribution in [-0.2, 0) is 19.1 Å². The van der Waals surface area contributed by atoms with E-state index in [1.165, 1.54) is 17.0 Å². The molecule has 1 unspecified atom stereocenters. The fourth-order valence-electron chi connectivity index (χ4n) is 4.44. The Morgan fingerprint density at radius 3 is 2.21 bits per heavy atom. The third-order valence-electron chi connectivity index (χ3n) is 6.17. The maximum absolute atomic E-state index is 13.8. The molecule has 39 heavy (non-hydrogen) atoms. The first-order valence-electron chi connectivity index (χ1n) is 11.5. The van der Waals surface area contributed by atoms with E-state index in [-0.39, 0.29) is 44.5 Å². The lowest BCUT2D eigenvalue weighted by Crippen LogP contribution is -2.41. The van der Waals surface area contributed by atoms with E-state index < -0.39 is 23.6 Å². The van der Waals surface area contributed by atoms with Crippen molar-refractivity contribution in [1.82, 2.24) is 0 Å². The van der Waals surface area contributed by atoms with Crippen molar-refractivity contribution in [2.45, 2.75) is 5.92 Å². The summed E-state index contributed by atoms with van der Waals surface area (Å²) in [5.74, 6) is -3.46. The fraction of sp³-hybridized carbons (Fsp3) is 0.103. The number of nitrogens with two attached hydrogens (primary N) is 1. The number of hydrogen-bond donors (Lipinski definition) is 1. The van der Waals surface area contributed by atoms with Crippen molar-refractivity contribution in [3.05, 3.63) is 122 Å². The Balaban J connectivity index is 2.09. The molecule has 0 fully saturated rings. The minimum atomic E-state index is -1.04. The Hall–Kier alpha value is -4.39. The van der Waals surface area contributed by atoms with Crippen LogP contribution < -0.4 is 10.6 Å². The van der Waals surface area contributed by atoms with Gasteiger partial charge in [0.15, 0.2) is 5.78 Å². The van der Waals surface area contributed by atoms with Crippen molar-refractivity contribution < 1.29 is 23.9 Å². The van der Waals surface area contributed by atoms with Gasteiger partial charge in [0.2, 0.25) is 0 Å². The van der Waals surface area contributed by atoms with E-state index in [1.807, 2.05) is 0 Å². The zero-order chi connectivity index (χ0) is 28.3. The van der Waals surface area contributed by atoms with Gasteiger partial charge in [0, 0.05) is 15.6 Å². The van der Waals surface area contributed by atoms with E-state index in [1.54, 1.807) is 60.7 Å². The molecule has 0 saturated heterocycles. The maximum Gasteiger partial charge on any atom is 0.355 e. The van der Waals surface area contributed by atoms with Gasteiger partial charge >= 0.3 is 11.9 Å². The summed E-state index contributed by atoms with van der Waals surface area (Å²) >= 11 is 9.71. The minimum Gasteiger partial charge on any atom is -0.466 e. The number of ether oxygens (including phenoxy) is 2. The number of nitrogens with zero attached hydrogens (tertiary/aromatic N) is 2. The number of anilines is 1. The highest BCUT2D eigenvalue weighted by atomic mass is 79.9. The van der Waals surface area contributed by atoms with Crippen molar-refractivity contribution in [2.24, 2.45) is 5.73 Å². The Bertz CT molecular complexity index is 1590. The number of benzene rings is 3. The highest BCUT2D eigenvalue weighted by Gasteiger charge is 2.43. The number of nitriles is 1. The van der Waals surface area contributed by atoms with Gasteiger partial charge in [-0.15, -0.1) is 0 Å². The number of esters is 2. The molecule has 0 aliphatic carbocycles. The first-order valence-corrected chi connectivity index (χ1v) is 12.7. The summed E-state index contributed by atoms with van der Waals surface area (Å²) in [5.41, 5.74) is 7.08. The van der Waals surface area contributed by atoms with Gasteiger partial charge in [-0.3, -0.25) is 9.69 Å². The molecule has 4 rings (SSSR count). The lowest BCUT2D eigenvalue weighted by molar-refractivity contribution is -0.139. The highest BCUT2D eigenvalue weighted by Crippen LogP contribution is 2.44. The summed E-state index contributed by atoms with van der Waals surface area (Å²) in [6, 6.07) is 21.9. The second kappa shape index (κ2) is 11.6. The molecule has 0 saturated carbocycles. The average molecular weight is 607 g/mol. The molecule has 196 valence electrons. The van der Waals surface area contributed by atoms with E-state index >= 15 is 0 Å². The molecule has 1 aliphatic rings. The number of halogens is 2. The maximum atomic E-state index is 13.8. The molecular weight excluding hydrogens is 586 g/mol. The normalized spacial score (nSPS) is 15.1. The number of ketones is 1. The summed E-state index contributed by atoms with van der Waals surface area (Å²) in [6.45, 7) is 0. The van der Waals surface area contributed by atoms with Gasteiger partial charge in [0.05, 0.1) is 48.1 Å². The third-order valence-corrected chi connectivity index (χ3v) is 7.00. The molecule has 3 aromatic carbocycles. The first-order chi connectivity index (χ1) is 18.7. The zero-order valence-electron chi connectivity index (χ0n) is 20.8. The Labute approximate surface area is 238 Å². The van der Waals surface area contributed by atoms with Gasteiger partial charge in [-0.2, -0.15) is 5.26 Å². The van der Waals surface area contributed by atoms with Crippen LogP contribution in [0.5, 0.6) is 0 Å². The standard InChI is InChI=1S/C29H21BrClN3O5/c1-38-28(36)24-23(16-8-4-3-5-9-16)20(15-32)27(33)34(25(24)29(37)39-2)22-13-12-17(30)14-19(22)26(35)18-10-6-7-11-21(18)31/h3-14,23H,33H2,1-2H3. The molecule has 0 aromatic heterocycles. The van der Waals surface area contributed by atoms with Gasteiger partial charge < -0.3 is 15.2 Å². The number of allylic oxidation sites excluding steroid dienone is 1. The van der Waals surface area contributed by atoms with Crippen molar-refractivity contribution in [2.75, 3.05) is 19.1 Å². The second-order valence-electron chi connectivity index (χ2n) is 8.31. The number of methoxy groups -OCH3 is 2. The first kappa shape index (κ1) is 27.6. The molecule has 0 spiro atoms. The number of carbonyl (C=O) groups is 3. The Kier molecular flexibility index (Phi) is 8.19. The largest absolute Gasteiger partial charge is 0.466 e. The molecule has 8 nitrogen and oxygen atoms in total. The van der Waals surface area contributed by atoms with Crippen LogP contribution in [0.4, 0.5) is 5.69 Å². The molecule has 1 atom stereocenters. The van der Waals surface area contributed by atoms with Gasteiger partial charge in [0.1, 0.15) is 11.5 Å². The van der Waals surface area contributed by atoms with Crippen molar-refractivity contribution in [3.63, 3.8) is 0 Å². The summed E-state index contributed by atoms with van der Waals surface area (Å²) in [7, 11) is 2.31. The topological polar surface area (TPSA) is 123 Å². The molecular formula is C29H21BrClN3O5. The molecule has 1 aliphatic heterocycles. The molecule has 0 bridgehead atoms. The molecule has 0 amide bonds. The van der Waals surface area contributed by atoms with Crippen LogP contribution in [-0.4, -0.2) is 31.9 Å². The van der Waals surface area contributed by atoms with Gasteiger partial charge in [-0.05, 0) is 35.9 Å². The lowest BCUT2D eigenvalue weighted by Gasteiger charge is -2.36. The van der Waals surface area contributed by atoms with Crippen LogP contribution in [0.25, 0.3) is 0 Å². The van der Waals surface area contributed by atoms with Crippen molar-refractivity contribution >= 4 is 50.9 Å². The van der Waals surface area contributed by atoms with E-state index in [9.17, 15) is 19.6 Å². The van der Waals surface area contributed by atoms with Crippen LogP contribution in [0.2, 0.25) is 5.02 Å². The predicted octanol–water partition coefficient (Wildman–Crippen LogP) is 5.23. The Morgan fingerprint density at radius 1 is 0.949 bits per heavy atom. The van der Waals surface area contributed by atoms with Crippen LogP contribution in [0.15, 0.2) is 99.9 Å². The lowest BCUT2D eigenvalue weighted by atomic mass is 9.80. The SMILES string of the molecule is COC(=O)C1=C(C(=O)OC)N(c2ccc(Br)cc2C(=O)c2ccccc2Cl)C(N)=C(C#N)C1c1ccccc1. The quantitative estimate of drug-likeness (QED) is 0.299. The van der Waals surface area contributed by atoms with E-state index in [0.29, 0.717) is 10.0 Å². The monoisotopic (exact) mass is 605 g/mol. The zero-order valence-corrected chi connectivity index (χ0v) is 23.1. The number of hydrogen-bond acceptors (Lipinski definition) is 8. The Morgan fingerprint density at radius 2 is 1.59 bits per heavy atom. The summed E-state index contributed by atoms with van der Waals surface area (Å²) in [6.07, 6.45) is 0. The molecule has 10 heteroatoms. The average Bonchev–Trinajstić information content (AvgIpc) is 2.96. The van der Waals surface area contributed by atoms with Gasteiger partial charge in [-0.25, -0.2) is 9.59 Å². The van der Waals surface area contributed by atoms with Crippen molar-refractivity contribution in [1.29, 1.82) is 5.26 Å². The predicted molar refractivity (Wildman–Crippen MR) is 149 cm³/mol. The number of carbonyl (C=O) groups excluding carboxylic acids is 3. The van der Waals surface area contributed by atoms with E-state index in [2.05, 4.69) is 22.0 Å². The summed E-state index contributed by atoms with van der Waals surface area (Å²) in [4.78, 5) is 41.6. The smallest absolute Gasteiger partial charge is 0.355 e. The van der Waals surface area contributed by atoms with Crippen LogP contribution >= 0.6 is 27.5 Å². The van der Waals surface area contributed by atoms with E-state index in [4.69, 9.17) is 26.8 Å². The second-order valence-corrected chi connectivity index (χ2v) is 9.63.